The molecule has 0 saturated carbocycles. The minimum Gasteiger partial charge on any atom is -0.397 e. The molecule has 1 saturated heterocycles. The number of nitrogens with two attached hydrogens (primary N) is 1. The SMILES string of the molecule is CSC1CCCN(c2cc(F)c(I)cc2N)CC1. The van der Waals surface area contributed by atoms with Gasteiger partial charge in [0.2, 0.25) is 0 Å². The smallest absolute Gasteiger partial charge is 0.138 e. The number of hydrogen-bond donors (Lipinski definition) is 1. The van der Waals surface area contributed by atoms with Gasteiger partial charge in [0.1, 0.15) is 5.82 Å². The van der Waals surface area contributed by atoms with Gasteiger partial charge in [-0.15, -0.1) is 0 Å². The summed E-state index contributed by atoms with van der Waals surface area (Å²) >= 11 is 3.91. The van der Waals surface area contributed by atoms with Crippen LogP contribution in [-0.2, 0) is 0 Å². The number of nitrogens with zero attached hydrogens (tertiary/aromatic N) is 1. The van der Waals surface area contributed by atoms with Gasteiger partial charge in [-0.25, -0.2) is 4.39 Å². The van der Waals surface area contributed by atoms with E-state index < -0.39 is 0 Å². The summed E-state index contributed by atoms with van der Waals surface area (Å²) in [6.45, 7) is 1.94. The van der Waals surface area contributed by atoms with Gasteiger partial charge in [0, 0.05) is 24.4 Å². The molecule has 5 heteroatoms. The van der Waals surface area contributed by atoms with Gasteiger partial charge in [-0.2, -0.15) is 11.8 Å². The summed E-state index contributed by atoms with van der Waals surface area (Å²) in [5, 5.41) is 0.727. The van der Waals surface area contributed by atoms with E-state index in [9.17, 15) is 4.39 Å². The Morgan fingerprint density at radius 3 is 2.89 bits per heavy atom. The highest BCUT2D eigenvalue weighted by Crippen LogP contribution is 2.30. The summed E-state index contributed by atoms with van der Waals surface area (Å²) in [7, 11) is 0. The topological polar surface area (TPSA) is 29.3 Å². The molecule has 1 unspecified atom stereocenters. The number of benzene rings is 1. The van der Waals surface area contributed by atoms with E-state index in [2.05, 4.69) is 11.2 Å². The van der Waals surface area contributed by atoms with Gasteiger partial charge >= 0.3 is 0 Å². The first-order valence-corrected chi connectivity index (χ1v) is 8.50. The van der Waals surface area contributed by atoms with Crippen molar-refractivity contribution in [2.24, 2.45) is 0 Å². The third kappa shape index (κ3) is 3.23. The first-order valence-electron chi connectivity index (χ1n) is 6.14. The summed E-state index contributed by atoms with van der Waals surface area (Å²) in [6.07, 6.45) is 5.70. The van der Waals surface area contributed by atoms with Crippen molar-refractivity contribution in [2.75, 3.05) is 30.0 Å². The second-order valence-corrected chi connectivity index (χ2v) is 6.90. The Kier molecular flexibility index (Phi) is 5.00. The largest absolute Gasteiger partial charge is 0.397 e. The van der Waals surface area contributed by atoms with Gasteiger partial charge in [-0.1, -0.05) is 0 Å². The van der Waals surface area contributed by atoms with Gasteiger partial charge in [-0.3, -0.25) is 0 Å². The molecule has 0 spiro atoms. The summed E-state index contributed by atoms with van der Waals surface area (Å²) in [5.74, 6) is -0.175. The van der Waals surface area contributed by atoms with Crippen molar-refractivity contribution in [1.29, 1.82) is 0 Å². The van der Waals surface area contributed by atoms with Crippen molar-refractivity contribution < 1.29 is 4.39 Å². The molecule has 0 radical (unpaired) electrons. The monoisotopic (exact) mass is 380 g/mol. The zero-order valence-electron chi connectivity index (χ0n) is 10.5. The number of thioether (sulfide) groups is 1. The Morgan fingerprint density at radius 1 is 1.39 bits per heavy atom. The summed E-state index contributed by atoms with van der Waals surface area (Å²) in [4.78, 5) is 2.23. The van der Waals surface area contributed by atoms with Gasteiger partial charge in [0.05, 0.1) is 14.9 Å². The van der Waals surface area contributed by atoms with E-state index in [1.165, 1.54) is 6.42 Å². The van der Waals surface area contributed by atoms with Gasteiger partial charge < -0.3 is 10.6 Å². The molecule has 0 amide bonds. The van der Waals surface area contributed by atoms with Crippen LogP contribution in [0.15, 0.2) is 12.1 Å². The Hall–Kier alpha value is -0.170. The predicted molar refractivity (Wildman–Crippen MR) is 86.9 cm³/mol. The standard InChI is InChI=1S/C13H18FIN2S/c1-18-9-3-2-5-17(6-4-9)13-7-10(14)11(15)8-12(13)16/h7-9H,2-6,16H2,1H3. The van der Waals surface area contributed by atoms with Crippen LogP contribution in [0.2, 0.25) is 0 Å². The molecule has 0 aliphatic carbocycles. The number of halogens is 2. The van der Waals surface area contributed by atoms with Crippen molar-refractivity contribution >= 4 is 45.7 Å². The molecule has 1 aliphatic rings. The van der Waals surface area contributed by atoms with Crippen molar-refractivity contribution in [2.45, 2.75) is 24.5 Å². The number of hydrogen-bond acceptors (Lipinski definition) is 3. The first kappa shape index (κ1) is 14.2. The van der Waals surface area contributed by atoms with E-state index in [-0.39, 0.29) is 5.82 Å². The molecule has 1 aliphatic heterocycles. The predicted octanol–water partition coefficient (Wildman–Crippen LogP) is 3.73. The molecule has 18 heavy (non-hydrogen) atoms. The van der Waals surface area contributed by atoms with Crippen LogP contribution in [0.25, 0.3) is 0 Å². The third-order valence-corrected chi connectivity index (χ3v) is 5.38. The average Bonchev–Trinajstić information content (AvgIpc) is 2.59. The zero-order chi connectivity index (χ0) is 13.1. The fraction of sp³-hybridized carbons (Fsp3) is 0.538. The highest BCUT2D eigenvalue weighted by atomic mass is 127. The Balaban J connectivity index is 2.18. The molecule has 1 aromatic carbocycles. The lowest BCUT2D eigenvalue weighted by Gasteiger charge is -2.24. The van der Waals surface area contributed by atoms with E-state index in [0.717, 1.165) is 36.9 Å². The molecular formula is C13H18FIN2S. The molecule has 0 aromatic heterocycles. The van der Waals surface area contributed by atoms with Gasteiger partial charge in [0.25, 0.3) is 0 Å². The highest BCUT2D eigenvalue weighted by molar-refractivity contribution is 14.1. The number of anilines is 2. The Labute approximate surface area is 126 Å². The third-order valence-electron chi connectivity index (χ3n) is 3.42. The summed E-state index contributed by atoms with van der Waals surface area (Å²) < 4.78 is 14.3. The average molecular weight is 380 g/mol. The van der Waals surface area contributed by atoms with E-state index >= 15 is 0 Å². The molecule has 0 bridgehead atoms. The summed E-state index contributed by atoms with van der Waals surface area (Å²) in [5.41, 5.74) is 7.56. The van der Waals surface area contributed by atoms with E-state index in [1.807, 2.05) is 34.4 Å². The second kappa shape index (κ2) is 6.32. The molecule has 1 heterocycles. The van der Waals surface area contributed by atoms with Crippen LogP contribution in [0, 0.1) is 9.39 Å². The van der Waals surface area contributed by atoms with Crippen molar-refractivity contribution in [3.63, 3.8) is 0 Å². The quantitative estimate of drug-likeness (QED) is 0.626. The van der Waals surface area contributed by atoms with Crippen molar-refractivity contribution in [1.82, 2.24) is 0 Å². The van der Waals surface area contributed by atoms with Crippen LogP contribution >= 0.6 is 34.4 Å². The fourth-order valence-corrected chi connectivity index (χ4v) is 3.60. The first-order chi connectivity index (χ1) is 8.61. The van der Waals surface area contributed by atoms with Crippen molar-refractivity contribution in [3.05, 3.63) is 21.5 Å². The maximum absolute atomic E-state index is 13.7. The van der Waals surface area contributed by atoms with Crippen LogP contribution in [0.3, 0.4) is 0 Å². The number of rotatable bonds is 2. The van der Waals surface area contributed by atoms with Gasteiger partial charge in [0.15, 0.2) is 0 Å². The normalized spacial score (nSPS) is 20.8. The fourth-order valence-electron chi connectivity index (χ4n) is 2.37. The lowest BCUT2D eigenvalue weighted by molar-refractivity contribution is 0.619. The Morgan fingerprint density at radius 2 is 2.17 bits per heavy atom. The molecule has 1 aromatic rings. The lowest BCUT2D eigenvalue weighted by atomic mass is 10.2. The Bertz CT molecular complexity index is 428. The highest BCUT2D eigenvalue weighted by Gasteiger charge is 2.19. The van der Waals surface area contributed by atoms with Crippen molar-refractivity contribution in [3.8, 4) is 0 Å². The van der Waals surface area contributed by atoms with Crippen LogP contribution in [0.1, 0.15) is 19.3 Å². The van der Waals surface area contributed by atoms with E-state index in [4.69, 9.17) is 5.73 Å². The molecule has 2 nitrogen and oxygen atoms in total. The lowest BCUT2D eigenvalue weighted by Crippen LogP contribution is -2.25. The molecule has 2 N–H and O–H groups in total. The van der Waals surface area contributed by atoms with Gasteiger partial charge in [-0.05, 0) is 54.2 Å². The van der Waals surface area contributed by atoms with Crippen LogP contribution in [0.5, 0.6) is 0 Å². The number of nitrogen functional groups attached to an aromatic ring is 1. The maximum atomic E-state index is 13.7. The van der Waals surface area contributed by atoms with E-state index in [1.54, 1.807) is 12.1 Å². The minimum atomic E-state index is -0.175. The zero-order valence-corrected chi connectivity index (χ0v) is 13.4. The molecule has 1 atom stereocenters. The van der Waals surface area contributed by atoms with Crippen LogP contribution < -0.4 is 10.6 Å². The molecule has 1 fully saturated rings. The van der Waals surface area contributed by atoms with E-state index in [0.29, 0.717) is 9.26 Å². The van der Waals surface area contributed by atoms with Crippen LogP contribution in [0.4, 0.5) is 15.8 Å². The second-order valence-electron chi connectivity index (χ2n) is 4.60. The minimum absolute atomic E-state index is 0.175. The molecule has 100 valence electrons. The molecule has 2 rings (SSSR count). The molecular weight excluding hydrogens is 362 g/mol. The van der Waals surface area contributed by atoms with Crippen LogP contribution in [-0.4, -0.2) is 24.6 Å². The maximum Gasteiger partial charge on any atom is 0.138 e. The summed E-state index contributed by atoms with van der Waals surface area (Å²) in [6, 6.07) is 3.30.